The zero-order valence-electron chi connectivity index (χ0n) is 13.7. The molecule has 2 heteroatoms. The Bertz CT molecular complexity index is 450. The Kier molecular flexibility index (Phi) is 5.79. The molecule has 1 aliphatic carbocycles. The van der Waals surface area contributed by atoms with Gasteiger partial charge < -0.3 is 4.74 Å². The Labute approximate surface area is 123 Å². The van der Waals surface area contributed by atoms with Crippen molar-refractivity contribution < 1.29 is 9.53 Å². The van der Waals surface area contributed by atoms with Gasteiger partial charge in [0.25, 0.3) is 0 Å². The van der Waals surface area contributed by atoms with Crippen molar-refractivity contribution in [3.05, 3.63) is 34.9 Å². The minimum atomic E-state index is -0.0950. The first-order valence-electron chi connectivity index (χ1n) is 7.50. The summed E-state index contributed by atoms with van der Waals surface area (Å²) in [5, 5.41) is 0. The minimum absolute atomic E-state index is 0.0254. The van der Waals surface area contributed by atoms with Gasteiger partial charge in [0.1, 0.15) is 6.10 Å². The fourth-order valence-electron chi connectivity index (χ4n) is 2.81. The molecule has 0 aromatic heterocycles. The number of ether oxygens (including phenoxy) is 1. The van der Waals surface area contributed by atoms with Gasteiger partial charge in [-0.2, -0.15) is 0 Å². The maximum absolute atomic E-state index is 11.5. The average Bonchev–Trinajstić information content (AvgIpc) is 2.36. The molecule has 0 saturated carbocycles. The number of carbonyl (C=O) groups is 1. The average molecular weight is 276 g/mol. The second kappa shape index (κ2) is 6.92. The van der Waals surface area contributed by atoms with Gasteiger partial charge in [0, 0.05) is 12.8 Å². The lowest BCUT2D eigenvalue weighted by atomic mass is 9.71. The summed E-state index contributed by atoms with van der Waals surface area (Å²) in [5.41, 5.74) is 4.02. The molecule has 0 saturated heterocycles. The molecule has 0 heterocycles. The molecule has 112 valence electrons. The SMILES string of the molecule is C/C=C(C)/C=C/C1=C(C)CC(OC(=O)CC)CC1(C)C. The van der Waals surface area contributed by atoms with Crippen LogP contribution in [0.5, 0.6) is 0 Å². The van der Waals surface area contributed by atoms with Gasteiger partial charge in [-0.25, -0.2) is 0 Å². The molecule has 0 aromatic rings. The van der Waals surface area contributed by atoms with E-state index in [2.05, 4.69) is 45.9 Å². The number of allylic oxidation sites excluding steroid dienone is 5. The van der Waals surface area contributed by atoms with Crippen LogP contribution in [0.2, 0.25) is 0 Å². The molecule has 0 fully saturated rings. The number of hydrogen-bond donors (Lipinski definition) is 0. The molecule has 0 spiro atoms. The Hall–Kier alpha value is -1.31. The van der Waals surface area contributed by atoms with Crippen LogP contribution >= 0.6 is 0 Å². The molecule has 20 heavy (non-hydrogen) atoms. The van der Waals surface area contributed by atoms with E-state index in [1.807, 2.05) is 13.8 Å². The number of hydrogen-bond acceptors (Lipinski definition) is 2. The number of esters is 1. The Morgan fingerprint density at radius 1 is 1.45 bits per heavy atom. The normalized spacial score (nSPS) is 23.3. The van der Waals surface area contributed by atoms with Crippen LogP contribution < -0.4 is 0 Å². The largest absolute Gasteiger partial charge is 0.462 e. The molecular formula is C18H28O2. The molecule has 0 aliphatic heterocycles. The van der Waals surface area contributed by atoms with E-state index in [4.69, 9.17) is 4.74 Å². The van der Waals surface area contributed by atoms with E-state index in [1.165, 1.54) is 16.7 Å². The highest BCUT2D eigenvalue weighted by atomic mass is 16.5. The predicted octanol–water partition coefficient (Wildman–Crippen LogP) is 4.97. The van der Waals surface area contributed by atoms with Crippen LogP contribution in [0.4, 0.5) is 0 Å². The van der Waals surface area contributed by atoms with Crippen LogP contribution in [0.15, 0.2) is 34.9 Å². The topological polar surface area (TPSA) is 26.3 Å². The second-order valence-corrected chi connectivity index (χ2v) is 6.32. The minimum Gasteiger partial charge on any atom is -0.462 e. The third-order valence-corrected chi connectivity index (χ3v) is 4.02. The molecule has 2 nitrogen and oxygen atoms in total. The van der Waals surface area contributed by atoms with E-state index in [0.29, 0.717) is 6.42 Å². The molecule has 0 amide bonds. The lowest BCUT2D eigenvalue weighted by Crippen LogP contribution is -2.31. The highest BCUT2D eigenvalue weighted by Crippen LogP contribution is 2.42. The predicted molar refractivity (Wildman–Crippen MR) is 84.5 cm³/mol. The van der Waals surface area contributed by atoms with Gasteiger partial charge in [-0.1, -0.05) is 50.1 Å². The van der Waals surface area contributed by atoms with Crippen molar-refractivity contribution in [2.75, 3.05) is 0 Å². The van der Waals surface area contributed by atoms with Crippen LogP contribution in [0, 0.1) is 5.41 Å². The molecule has 1 unspecified atom stereocenters. The van der Waals surface area contributed by atoms with Crippen molar-refractivity contribution in [3.63, 3.8) is 0 Å². The van der Waals surface area contributed by atoms with Crippen molar-refractivity contribution in [1.82, 2.24) is 0 Å². The molecule has 0 N–H and O–H groups in total. The van der Waals surface area contributed by atoms with E-state index in [-0.39, 0.29) is 17.5 Å². The smallest absolute Gasteiger partial charge is 0.305 e. The quantitative estimate of drug-likeness (QED) is 0.535. The van der Waals surface area contributed by atoms with Crippen LogP contribution in [0.1, 0.15) is 60.8 Å². The molecule has 0 bridgehead atoms. The highest BCUT2D eigenvalue weighted by Gasteiger charge is 2.34. The van der Waals surface area contributed by atoms with Crippen molar-refractivity contribution in [2.24, 2.45) is 5.41 Å². The van der Waals surface area contributed by atoms with E-state index >= 15 is 0 Å². The third kappa shape index (κ3) is 4.36. The standard InChI is InChI=1S/C18H28O2/c1-7-13(3)9-10-16-14(4)11-15(12-18(16,5)6)20-17(19)8-2/h7,9-10,15H,8,11-12H2,1-6H3/b10-9+,13-7+. The summed E-state index contributed by atoms with van der Waals surface area (Å²) in [6.07, 6.45) is 8.72. The summed E-state index contributed by atoms with van der Waals surface area (Å²) in [6, 6.07) is 0. The lowest BCUT2D eigenvalue weighted by molar-refractivity contribution is -0.150. The number of carbonyl (C=O) groups excluding carboxylic acids is 1. The fourth-order valence-corrected chi connectivity index (χ4v) is 2.81. The molecule has 1 rings (SSSR count). The monoisotopic (exact) mass is 276 g/mol. The maximum Gasteiger partial charge on any atom is 0.305 e. The summed E-state index contributed by atoms with van der Waals surface area (Å²) in [5.74, 6) is -0.0950. The first kappa shape index (κ1) is 16.7. The van der Waals surface area contributed by atoms with Crippen LogP contribution in [0.3, 0.4) is 0 Å². The van der Waals surface area contributed by atoms with Gasteiger partial charge >= 0.3 is 5.97 Å². The second-order valence-electron chi connectivity index (χ2n) is 6.32. The van der Waals surface area contributed by atoms with Crippen molar-refractivity contribution in [1.29, 1.82) is 0 Å². The summed E-state index contributed by atoms with van der Waals surface area (Å²) in [6.45, 7) is 12.6. The van der Waals surface area contributed by atoms with Crippen molar-refractivity contribution >= 4 is 5.97 Å². The Morgan fingerprint density at radius 3 is 2.60 bits per heavy atom. The molecular weight excluding hydrogens is 248 g/mol. The van der Waals surface area contributed by atoms with E-state index in [0.717, 1.165) is 12.8 Å². The van der Waals surface area contributed by atoms with Gasteiger partial charge in [0.2, 0.25) is 0 Å². The molecule has 1 atom stereocenters. The van der Waals surface area contributed by atoms with Gasteiger partial charge in [0.05, 0.1) is 0 Å². The van der Waals surface area contributed by atoms with Gasteiger partial charge in [-0.3, -0.25) is 4.79 Å². The first-order chi connectivity index (χ1) is 9.30. The van der Waals surface area contributed by atoms with Crippen LogP contribution in [-0.4, -0.2) is 12.1 Å². The summed E-state index contributed by atoms with van der Waals surface area (Å²) >= 11 is 0. The third-order valence-electron chi connectivity index (χ3n) is 4.02. The summed E-state index contributed by atoms with van der Waals surface area (Å²) < 4.78 is 5.53. The van der Waals surface area contributed by atoms with Crippen LogP contribution in [-0.2, 0) is 9.53 Å². The van der Waals surface area contributed by atoms with Gasteiger partial charge in [-0.15, -0.1) is 0 Å². The zero-order chi connectivity index (χ0) is 15.3. The van der Waals surface area contributed by atoms with Gasteiger partial charge in [-0.05, 0) is 38.2 Å². The number of rotatable bonds is 4. The van der Waals surface area contributed by atoms with E-state index < -0.39 is 0 Å². The first-order valence-corrected chi connectivity index (χ1v) is 7.50. The maximum atomic E-state index is 11.5. The fraction of sp³-hybridized carbons (Fsp3) is 0.611. The summed E-state index contributed by atoms with van der Waals surface area (Å²) in [4.78, 5) is 11.5. The van der Waals surface area contributed by atoms with Crippen molar-refractivity contribution in [2.45, 2.75) is 66.9 Å². The molecule has 0 aromatic carbocycles. The van der Waals surface area contributed by atoms with Crippen LogP contribution in [0.25, 0.3) is 0 Å². The van der Waals surface area contributed by atoms with E-state index in [1.54, 1.807) is 0 Å². The van der Waals surface area contributed by atoms with Gasteiger partial charge in [0.15, 0.2) is 0 Å². The highest BCUT2D eigenvalue weighted by molar-refractivity contribution is 5.69. The molecule has 0 radical (unpaired) electrons. The summed E-state index contributed by atoms with van der Waals surface area (Å²) in [7, 11) is 0. The Morgan fingerprint density at radius 2 is 2.10 bits per heavy atom. The Balaban J connectivity index is 2.93. The molecule has 1 aliphatic rings. The van der Waals surface area contributed by atoms with E-state index in [9.17, 15) is 4.79 Å². The van der Waals surface area contributed by atoms with Crippen molar-refractivity contribution in [3.8, 4) is 0 Å². The lowest BCUT2D eigenvalue weighted by Gasteiger charge is -2.37. The zero-order valence-corrected chi connectivity index (χ0v) is 13.7.